The Bertz CT molecular complexity index is 665. The summed E-state index contributed by atoms with van der Waals surface area (Å²) in [5.74, 6) is 0.562. The molecule has 1 fully saturated rings. The molecule has 2 aliphatic heterocycles. The fourth-order valence-corrected chi connectivity index (χ4v) is 3.28. The molecule has 6 heteroatoms. The van der Waals surface area contributed by atoms with Crippen molar-refractivity contribution in [1.29, 1.82) is 0 Å². The van der Waals surface area contributed by atoms with Gasteiger partial charge in [-0.25, -0.2) is 4.79 Å². The third kappa shape index (κ3) is 2.52. The van der Waals surface area contributed by atoms with Crippen LogP contribution in [0.3, 0.4) is 0 Å². The van der Waals surface area contributed by atoms with Gasteiger partial charge in [0.25, 0.3) is 0 Å². The van der Waals surface area contributed by atoms with Crippen LogP contribution in [0.1, 0.15) is 32.8 Å². The van der Waals surface area contributed by atoms with E-state index in [1.54, 1.807) is 12.0 Å². The van der Waals surface area contributed by atoms with Gasteiger partial charge in [0, 0.05) is 13.1 Å². The predicted molar refractivity (Wildman–Crippen MR) is 85.7 cm³/mol. The second-order valence-corrected chi connectivity index (χ2v) is 7.07. The maximum atomic E-state index is 12.6. The van der Waals surface area contributed by atoms with E-state index in [2.05, 4.69) is 5.32 Å². The van der Waals surface area contributed by atoms with Crippen molar-refractivity contribution in [1.82, 2.24) is 4.90 Å². The van der Waals surface area contributed by atoms with E-state index in [1.165, 1.54) is 0 Å². The lowest BCUT2D eigenvalue weighted by Crippen LogP contribution is -2.41. The van der Waals surface area contributed by atoms with Crippen molar-refractivity contribution >= 4 is 17.7 Å². The molecule has 1 aromatic carbocycles. The standard InChI is InChI=1S/C17H22N2O4/c1-16(2,3)23-15(21)19-9-8-17(10-19)11-6-5-7-12(22-4)13(11)18-14(17)20/h5-7H,8-10H2,1-4H3,(H,18,20)/t17-/m0/s1. The van der Waals surface area contributed by atoms with Crippen LogP contribution >= 0.6 is 0 Å². The number of nitrogens with one attached hydrogen (secondary N) is 1. The number of likely N-dealkylation sites (tertiary alicyclic amines) is 1. The molecule has 1 atom stereocenters. The van der Waals surface area contributed by atoms with Crippen molar-refractivity contribution in [2.45, 2.75) is 38.2 Å². The van der Waals surface area contributed by atoms with Gasteiger partial charge in [-0.1, -0.05) is 12.1 Å². The SMILES string of the molecule is COc1cccc2c1NC(=O)[C@]21CCN(C(=O)OC(C)(C)C)C1. The third-order valence-corrected chi connectivity index (χ3v) is 4.36. The second-order valence-electron chi connectivity index (χ2n) is 7.07. The number of carbonyl (C=O) groups is 2. The molecule has 1 aromatic rings. The zero-order chi connectivity index (χ0) is 16.8. The van der Waals surface area contributed by atoms with Gasteiger partial charge >= 0.3 is 6.09 Å². The molecule has 2 amide bonds. The van der Waals surface area contributed by atoms with E-state index in [0.29, 0.717) is 30.9 Å². The van der Waals surface area contributed by atoms with Gasteiger partial charge < -0.3 is 19.7 Å². The number of para-hydroxylation sites is 1. The van der Waals surface area contributed by atoms with Crippen molar-refractivity contribution in [3.63, 3.8) is 0 Å². The highest BCUT2D eigenvalue weighted by Gasteiger charge is 2.53. The molecule has 124 valence electrons. The van der Waals surface area contributed by atoms with E-state index in [0.717, 1.165) is 5.56 Å². The summed E-state index contributed by atoms with van der Waals surface area (Å²) in [7, 11) is 1.58. The number of carbonyl (C=O) groups excluding carboxylic acids is 2. The van der Waals surface area contributed by atoms with Crippen LogP contribution in [0, 0.1) is 0 Å². The Morgan fingerprint density at radius 1 is 1.35 bits per heavy atom. The summed E-state index contributed by atoms with van der Waals surface area (Å²) < 4.78 is 10.8. The molecule has 0 bridgehead atoms. The lowest BCUT2D eigenvalue weighted by molar-refractivity contribution is -0.120. The van der Waals surface area contributed by atoms with Crippen LogP contribution in [-0.2, 0) is 14.9 Å². The van der Waals surface area contributed by atoms with Crippen LogP contribution in [0.15, 0.2) is 18.2 Å². The van der Waals surface area contributed by atoms with Crippen LogP contribution in [0.2, 0.25) is 0 Å². The Hall–Kier alpha value is -2.24. The van der Waals surface area contributed by atoms with Gasteiger partial charge in [-0.15, -0.1) is 0 Å². The largest absolute Gasteiger partial charge is 0.495 e. The molecule has 3 rings (SSSR count). The summed E-state index contributed by atoms with van der Waals surface area (Å²) in [5.41, 5.74) is 0.353. The first-order valence-corrected chi connectivity index (χ1v) is 7.74. The molecular weight excluding hydrogens is 296 g/mol. The summed E-state index contributed by atoms with van der Waals surface area (Å²) in [4.78, 5) is 26.5. The van der Waals surface area contributed by atoms with E-state index >= 15 is 0 Å². The highest BCUT2D eigenvalue weighted by atomic mass is 16.6. The van der Waals surface area contributed by atoms with E-state index in [-0.39, 0.29) is 12.0 Å². The number of fused-ring (bicyclic) bond motifs is 2. The molecule has 0 radical (unpaired) electrons. The quantitative estimate of drug-likeness (QED) is 0.864. The molecule has 0 aromatic heterocycles. The Morgan fingerprint density at radius 2 is 2.09 bits per heavy atom. The average molecular weight is 318 g/mol. The van der Waals surface area contributed by atoms with Crippen LogP contribution < -0.4 is 10.1 Å². The van der Waals surface area contributed by atoms with Crippen molar-refractivity contribution < 1.29 is 19.1 Å². The molecule has 2 heterocycles. The Labute approximate surface area is 135 Å². The summed E-state index contributed by atoms with van der Waals surface area (Å²) in [6.45, 7) is 6.32. The molecule has 1 N–H and O–H groups in total. The van der Waals surface area contributed by atoms with Gasteiger partial charge in [0.1, 0.15) is 11.4 Å². The fraction of sp³-hybridized carbons (Fsp3) is 0.529. The number of amides is 2. The maximum absolute atomic E-state index is 12.6. The van der Waals surface area contributed by atoms with E-state index in [4.69, 9.17) is 9.47 Å². The summed E-state index contributed by atoms with van der Waals surface area (Å²) in [6, 6.07) is 5.61. The van der Waals surface area contributed by atoms with E-state index in [9.17, 15) is 9.59 Å². The van der Waals surface area contributed by atoms with E-state index < -0.39 is 11.0 Å². The van der Waals surface area contributed by atoms with Crippen LogP contribution in [-0.4, -0.2) is 42.7 Å². The number of ether oxygens (including phenoxy) is 2. The van der Waals surface area contributed by atoms with Crippen molar-refractivity contribution in [3.8, 4) is 5.75 Å². The smallest absolute Gasteiger partial charge is 0.410 e. The van der Waals surface area contributed by atoms with Crippen LogP contribution in [0.5, 0.6) is 5.75 Å². The molecular formula is C17H22N2O4. The molecule has 1 saturated heterocycles. The number of benzene rings is 1. The lowest BCUT2D eigenvalue weighted by atomic mass is 9.81. The van der Waals surface area contributed by atoms with Crippen molar-refractivity contribution in [2.24, 2.45) is 0 Å². The minimum Gasteiger partial charge on any atom is -0.495 e. The number of nitrogens with zero attached hydrogens (tertiary/aromatic N) is 1. The monoisotopic (exact) mass is 318 g/mol. The summed E-state index contributed by atoms with van der Waals surface area (Å²) >= 11 is 0. The van der Waals surface area contributed by atoms with Crippen LogP contribution in [0.25, 0.3) is 0 Å². The minimum atomic E-state index is -0.708. The molecule has 2 aliphatic rings. The van der Waals surface area contributed by atoms with Gasteiger partial charge in [0.05, 0.1) is 18.2 Å². The van der Waals surface area contributed by atoms with Gasteiger partial charge in [0.2, 0.25) is 5.91 Å². The first kappa shape index (κ1) is 15.6. The zero-order valence-corrected chi connectivity index (χ0v) is 13.9. The normalized spacial score (nSPS) is 23.0. The lowest BCUT2D eigenvalue weighted by Gasteiger charge is -2.26. The molecule has 23 heavy (non-hydrogen) atoms. The Morgan fingerprint density at radius 3 is 2.74 bits per heavy atom. The number of methoxy groups -OCH3 is 1. The average Bonchev–Trinajstić information content (AvgIpc) is 3.02. The zero-order valence-electron chi connectivity index (χ0n) is 13.9. The molecule has 6 nitrogen and oxygen atoms in total. The number of rotatable bonds is 1. The van der Waals surface area contributed by atoms with Crippen LogP contribution in [0.4, 0.5) is 10.5 Å². The summed E-state index contributed by atoms with van der Waals surface area (Å²) in [6.07, 6.45) is 0.205. The number of hydrogen-bond acceptors (Lipinski definition) is 4. The predicted octanol–water partition coefficient (Wildman–Crippen LogP) is 2.53. The van der Waals surface area contributed by atoms with Gasteiger partial charge in [-0.3, -0.25) is 4.79 Å². The molecule has 0 aliphatic carbocycles. The van der Waals surface area contributed by atoms with Gasteiger partial charge in [-0.05, 0) is 38.8 Å². The highest BCUT2D eigenvalue weighted by Crippen LogP contribution is 2.47. The highest BCUT2D eigenvalue weighted by molar-refractivity contribution is 6.08. The topological polar surface area (TPSA) is 67.9 Å². The minimum absolute atomic E-state index is 0.0805. The first-order valence-electron chi connectivity index (χ1n) is 7.74. The number of hydrogen-bond donors (Lipinski definition) is 1. The molecule has 0 saturated carbocycles. The van der Waals surface area contributed by atoms with Gasteiger partial charge in [0.15, 0.2) is 0 Å². The summed E-state index contributed by atoms with van der Waals surface area (Å²) in [5, 5.41) is 2.91. The van der Waals surface area contributed by atoms with E-state index in [1.807, 2.05) is 39.0 Å². The first-order chi connectivity index (χ1) is 10.8. The Balaban J connectivity index is 1.88. The maximum Gasteiger partial charge on any atom is 0.410 e. The molecule has 1 spiro atoms. The second kappa shape index (κ2) is 5.15. The fourth-order valence-electron chi connectivity index (χ4n) is 3.28. The van der Waals surface area contributed by atoms with Gasteiger partial charge in [-0.2, -0.15) is 0 Å². The Kier molecular flexibility index (Phi) is 3.50. The number of anilines is 1. The van der Waals surface area contributed by atoms with Crippen molar-refractivity contribution in [2.75, 3.05) is 25.5 Å². The molecule has 0 unspecified atom stereocenters. The van der Waals surface area contributed by atoms with Crippen molar-refractivity contribution in [3.05, 3.63) is 23.8 Å². The third-order valence-electron chi connectivity index (χ3n) is 4.36.